The van der Waals surface area contributed by atoms with Gasteiger partial charge in [0.05, 0.1) is 5.54 Å². The van der Waals surface area contributed by atoms with E-state index in [1.807, 2.05) is 18.2 Å². The van der Waals surface area contributed by atoms with Crippen LogP contribution in [0.1, 0.15) is 19.4 Å². The molecule has 0 aromatic heterocycles. The van der Waals surface area contributed by atoms with Gasteiger partial charge in [-0.2, -0.15) is 0 Å². The van der Waals surface area contributed by atoms with Crippen LogP contribution >= 0.6 is 31.9 Å². The highest BCUT2D eigenvalue weighted by atomic mass is 79.9. The van der Waals surface area contributed by atoms with Crippen molar-refractivity contribution in [1.29, 1.82) is 0 Å². The molecule has 1 rings (SSSR count). The number of primary amides is 1. The Morgan fingerprint density at radius 2 is 2.00 bits per heavy atom. The number of nitrogens with one attached hydrogen (secondary N) is 1. The lowest BCUT2D eigenvalue weighted by Gasteiger charge is -2.22. The Kier molecular flexibility index (Phi) is 4.52. The lowest BCUT2D eigenvalue weighted by Crippen LogP contribution is -2.50. The highest BCUT2D eigenvalue weighted by molar-refractivity contribution is 9.13. The average Bonchev–Trinajstić information content (AvgIpc) is 2.20. The van der Waals surface area contributed by atoms with E-state index < -0.39 is 5.54 Å². The molecule has 5 heteroatoms. The second kappa shape index (κ2) is 5.29. The first-order valence-corrected chi connectivity index (χ1v) is 6.40. The summed E-state index contributed by atoms with van der Waals surface area (Å²) in [6.07, 6.45) is 0. The minimum Gasteiger partial charge on any atom is -0.368 e. The molecule has 1 aromatic rings. The zero-order valence-corrected chi connectivity index (χ0v) is 12.4. The number of hydrogen-bond acceptors (Lipinski definition) is 2. The van der Waals surface area contributed by atoms with Crippen LogP contribution in [0.25, 0.3) is 0 Å². The Morgan fingerprint density at radius 1 is 1.38 bits per heavy atom. The Hall–Kier alpha value is -0.390. The molecule has 0 fully saturated rings. The van der Waals surface area contributed by atoms with Crippen LogP contribution in [0.5, 0.6) is 0 Å². The van der Waals surface area contributed by atoms with Gasteiger partial charge in [0.1, 0.15) is 0 Å². The number of hydrogen-bond donors (Lipinski definition) is 2. The Labute approximate surface area is 112 Å². The Morgan fingerprint density at radius 3 is 2.50 bits per heavy atom. The van der Waals surface area contributed by atoms with Crippen LogP contribution in [0, 0.1) is 0 Å². The van der Waals surface area contributed by atoms with Crippen LogP contribution in [-0.4, -0.2) is 11.4 Å². The van der Waals surface area contributed by atoms with Crippen LogP contribution in [0.4, 0.5) is 0 Å². The summed E-state index contributed by atoms with van der Waals surface area (Å²) in [5.41, 5.74) is 5.66. The molecule has 0 aliphatic carbocycles. The monoisotopic (exact) mass is 348 g/mol. The summed E-state index contributed by atoms with van der Waals surface area (Å²) in [5.74, 6) is -0.358. The molecule has 1 amide bonds. The molecule has 16 heavy (non-hydrogen) atoms. The third kappa shape index (κ3) is 3.57. The number of carbonyl (C=O) groups is 1. The molecule has 3 N–H and O–H groups in total. The van der Waals surface area contributed by atoms with Crippen LogP contribution in [0.3, 0.4) is 0 Å². The summed E-state index contributed by atoms with van der Waals surface area (Å²) >= 11 is 6.83. The van der Waals surface area contributed by atoms with Crippen molar-refractivity contribution >= 4 is 37.8 Å². The summed E-state index contributed by atoms with van der Waals surface area (Å²) in [5, 5.41) is 3.11. The van der Waals surface area contributed by atoms with Crippen LogP contribution in [0.15, 0.2) is 27.1 Å². The first kappa shape index (κ1) is 13.7. The highest BCUT2D eigenvalue weighted by Crippen LogP contribution is 2.23. The first-order valence-electron chi connectivity index (χ1n) is 4.82. The highest BCUT2D eigenvalue weighted by Gasteiger charge is 2.23. The van der Waals surface area contributed by atoms with Gasteiger partial charge in [-0.3, -0.25) is 10.1 Å². The third-order valence-corrected chi connectivity index (χ3v) is 4.21. The van der Waals surface area contributed by atoms with Gasteiger partial charge in [-0.15, -0.1) is 0 Å². The van der Waals surface area contributed by atoms with Crippen molar-refractivity contribution < 1.29 is 4.79 Å². The number of nitrogens with two attached hydrogens (primary N) is 1. The number of halogens is 2. The van der Waals surface area contributed by atoms with E-state index in [0.29, 0.717) is 6.54 Å². The average molecular weight is 350 g/mol. The number of amides is 1. The van der Waals surface area contributed by atoms with Gasteiger partial charge in [-0.25, -0.2) is 0 Å². The van der Waals surface area contributed by atoms with Crippen molar-refractivity contribution in [3.8, 4) is 0 Å². The number of benzene rings is 1. The van der Waals surface area contributed by atoms with Crippen LogP contribution in [0.2, 0.25) is 0 Å². The lowest BCUT2D eigenvalue weighted by atomic mass is 10.0. The quantitative estimate of drug-likeness (QED) is 0.877. The van der Waals surface area contributed by atoms with Crippen molar-refractivity contribution in [3.63, 3.8) is 0 Å². The molecule has 3 nitrogen and oxygen atoms in total. The van der Waals surface area contributed by atoms with Crippen LogP contribution in [-0.2, 0) is 11.3 Å². The van der Waals surface area contributed by atoms with Gasteiger partial charge in [0, 0.05) is 15.5 Å². The van der Waals surface area contributed by atoms with E-state index in [0.717, 1.165) is 14.5 Å². The zero-order valence-electron chi connectivity index (χ0n) is 9.18. The molecule has 0 aliphatic rings. The normalized spacial score (nSPS) is 11.5. The second-order valence-corrected chi connectivity index (χ2v) is 5.80. The van der Waals surface area contributed by atoms with Gasteiger partial charge in [0.2, 0.25) is 5.91 Å². The third-order valence-electron chi connectivity index (χ3n) is 2.33. The van der Waals surface area contributed by atoms with Crippen molar-refractivity contribution in [2.75, 3.05) is 0 Å². The van der Waals surface area contributed by atoms with Crippen LogP contribution < -0.4 is 11.1 Å². The van der Waals surface area contributed by atoms with Crippen molar-refractivity contribution in [1.82, 2.24) is 5.32 Å². The largest absolute Gasteiger partial charge is 0.368 e. The van der Waals surface area contributed by atoms with Gasteiger partial charge in [0.25, 0.3) is 0 Å². The van der Waals surface area contributed by atoms with Gasteiger partial charge in [-0.1, -0.05) is 6.07 Å². The summed E-state index contributed by atoms with van der Waals surface area (Å²) in [7, 11) is 0. The predicted molar refractivity (Wildman–Crippen MR) is 72.0 cm³/mol. The molecule has 0 aliphatic heterocycles. The summed E-state index contributed by atoms with van der Waals surface area (Å²) in [4.78, 5) is 11.1. The van der Waals surface area contributed by atoms with E-state index in [4.69, 9.17) is 5.73 Å². The summed E-state index contributed by atoms with van der Waals surface area (Å²) < 4.78 is 1.99. The molecular formula is C11H14Br2N2O. The smallest absolute Gasteiger partial charge is 0.237 e. The van der Waals surface area contributed by atoms with Gasteiger partial charge in [0.15, 0.2) is 0 Å². The standard InChI is InChI=1S/C11H14Br2N2O/c1-11(2,10(14)16)15-6-7-3-4-8(12)9(13)5-7/h3-5,15H,6H2,1-2H3,(H2,14,16). The molecule has 0 radical (unpaired) electrons. The fourth-order valence-electron chi connectivity index (χ4n) is 1.06. The van der Waals surface area contributed by atoms with Gasteiger partial charge >= 0.3 is 0 Å². The molecule has 0 saturated heterocycles. The zero-order chi connectivity index (χ0) is 12.3. The predicted octanol–water partition coefficient (Wildman–Crippen LogP) is 2.57. The van der Waals surface area contributed by atoms with Crippen molar-refractivity contribution in [3.05, 3.63) is 32.7 Å². The minimum atomic E-state index is -0.695. The molecule has 0 spiro atoms. The molecule has 1 aromatic carbocycles. The number of carbonyl (C=O) groups excluding carboxylic acids is 1. The van der Waals surface area contributed by atoms with E-state index in [2.05, 4.69) is 37.2 Å². The maximum atomic E-state index is 11.1. The maximum absolute atomic E-state index is 11.1. The topological polar surface area (TPSA) is 55.1 Å². The van der Waals surface area contributed by atoms with Gasteiger partial charge in [-0.05, 0) is 63.4 Å². The molecule has 0 saturated carbocycles. The molecule has 88 valence electrons. The van der Waals surface area contributed by atoms with E-state index in [1.165, 1.54) is 0 Å². The Balaban J connectivity index is 2.68. The summed E-state index contributed by atoms with van der Waals surface area (Å²) in [6.45, 7) is 4.13. The fourth-order valence-corrected chi connectivity index (χ4v) is 1.73. The Bertz CT molecular complexity index is 405. The molecule has 0 bridgehead atoms. The van der Waals surface area contributed by atoms with Crippen molar-refractivity contribution in [2.45, 2.75) is 25.9 Å². The van der Waals surface area contributed by atoms with E-state index in [1.54, 1.807) is 13.8 Å². The van der Waals surface area contributed by atoms with E-state index in [9.17, 15) is 4.79 Å². The lowest BCUT2D eigenvalue weighted by molar-refractivity contribution is -0.123. The summed E-state index contributed by atoms with van der Waals surface area (Å²) in [6, 6.07) is 5.94. The van der Waals surface area contributed by atoms with E-state index >= 15 is 0 Å². The second-order valence-electron chi connectivity index (χ2n) is 4.09. The molecule has 0 heterocycles. The molecular weight excluding hydrogens is 336 g/mol. The van der Waals surface area contributed by atoms with Gasteiger partial charge < -0.3 is 5.73 Å². The molecule has 0 atom stereocenters. The SMILES string of the molecule is CC(C)(NCc1ccc(Br)c(Br)c1)C(N)=O. The van der Waals surface area contributed by atoms with Crippen molar-refractivity contribution in [2.24, 2.45) is 5.73 Å². The van der Waals surface area contributed by atoms with E-state index in [-0.39, 0.29) is 5.91 Å². The number of rotatable bonds is 4. The maximum Gasteiger partial charge on any atom is 0.237 e. The first-order chi connectivity index (χ1) is 7.33. The fraction of sp³-hybridized carbons (Fsp3) is 0.364. The molecule has 0 unspecified atom stereocenters. The minimum absolute atomic E-state index is 0.358.